The van der Waals surface area contributed by atoms with E-state index in [2.05, 4.69) is 6.92 Å². The van der Waals surface area contributed by atoms with Crippen molar-refractivity contribution in [2.45, 2.75) is 52.0 Å². The number of hydrogen-bond acceptors (Lipinski definition) is 2. The Labute approximate surface area is 120 Å². The van der Waals surface area contributed by atoms with Gasteiger partial charge in [-0.3, -0.25) is 4.79 Å². The number of nitrogens with zero attached hydrogens (tertiary/aromatic N) is 2. The summed E-state index contributed by atoms with van der Waals surface area (Å²) in [5, 5.41) is 8.91. The number of carbonyl (C=O) groups is 2. The molecule has 2 fully saturated rings. The summed E-state index contributed by atoms with van der Waals surface area (Å²) in [6.07, 6.45) is 4.42. The molecule has 2 rings (SSSR count). The number of carbonyl (C=O) groups excluding carboxylic acids is 1. The second-order valence-electron chi connectivity index (χ2n) is 6.39. The summed E-state index contributed by atoms with van der Waals surface area (Å²) < 4.78 is 0. The lowest BCUT2D eigenvalue weighted by Gasteiger charge is -2.38. The van der Waals surface area contributed by atoms with Gasteiger partial charge in [0.2, 0.25) is 0 Å². The smallest absolute Gasteiger partial charge is 0.320 e. The number of amides is 2. The van der Waals surface area contributed by atoms with Crippen molar-refractivity contribution in [2.75, 3.05) is 19.6 Å². The topological polar surface area (TPSA) is 60.9 Å². The SMILES string of the molecule is CC(CC(=O)O)C1CCCN(C(=O)N2CCCC2C)C1. The third-order valence-electron chi connectivity index (χ3n) is 4.83. The van der Waals surface area contributed by atoms with Crippen molar-refractivity contribution >= 4 is 12.0 Å². The van der Waals surface area contributed by atoms with E-state index in [1.165, 1.54) is 0 Å². The second-order valence-corrected chi connectivity index (χ2v) is 6.39. The molecule has 0 saturated carbocycles. The van der Waals surface area contributed by atoms with Gasteiger partial charge in [0, 0.05) is 32.1 Å². The van der Waals surface area contributed by atoms with Crippen LogP contribution in [0, 0.1) is 11.8 Å². The summed E-state index contributed by atoms with van der Waals surface area (Å²) in [6, 6.07) is 0.501. The number of aliphatic carboxylic acids is 1. The minimum atomic E-state index is -0.742. The third-order valence-corrected chi connectivity index (χ3v) is 4.83. The zero-order chi connectivity index (χ0) is 14.7. The number of hydrogen-bond donors (Lipinski definition) is 1. The summed E-state index contributed by atoms with van der Waals surface area (Å²) in [7, 11) is 0. The van der Waals surface area contributed by atoms with Gasteiger partial charge < -0.3 is 14.9 Å². The van der Waals surface area contributed by atoms with Crippen LogP contribution in [0.3, 0.4) is 0 Å². The van der Waals surface area contributed by atoms with E-state index < -0.39 is 5.97 Å². The number of rotatable bonds is 3. The Morgan fingerprint density at radius 3 is 2.55 bits per heavy atom. The molecule has 3 unspecified atom stereocenters. The Morgan fingerprint density at radius 2 is 1.95 bits per heavy atom. The van der Waals surface area contributed by atoms with Crippen molar-refractivity contribution in [1.82, 2.24) is 9.80 Å². The maximum atomic E-state index is 12.5. The van der Waals surface area contributed by atoms with Crippen LogP contribution in [-0.4, -0.2) is 52.6 Å². The van der Waals surface area contributed by atoms with Crippen LogP contribution >= 0.6 is 0 Å². The predicted molar refractivity (Wildman–Crippen MR) is 76.5 cm³/mol. The molecule has 20 heavy (non-hydrogen) atoms. The van der Waals surface area contributed by atoms with E-state index >= 15 is 0 Å². The highest BCUT2D eigenvalue weighted by atomic mass is 16.4. The van der Waals surface area contributed by atoms with E-state index in [1.807, 2.05) is 16.7 Å². The van der Waals surface area contributed by atoms with Gasteiger partial charge >= 0.3 is 12.0 Å². The first-order valence-electron chi connectivity index (χ1n) is 7.76. The van der Waals surface area contributed by atoms with Crippen LogP contribution in [0.25, 0.3) is 0 Å². The summed E-state index contributed by atoms with van der Waals surface area (Å²) in [6.45, 7) is 6.51. The van der Waals surface area contributed by atoms with Crippen molar-refractivity contribution in [2.24, 2.45) is 11.8 Å². The fraction of sp³-hybridized carbons (Fsp3) is 0.867. The van der Waals surface area contributed by atoms with E-state index in [4.69, 9.17) is 5.11 Å². The standard InChI is InChI=1S/C15H26N2O3/c1-11(9-14(18)19)13-6-4-7-16(10-13)15(20)17-8-3-5-12(17)2/h11-13H,3-10H2,1-2H3,(H,18,19). The molecule has 3 atom stereocenters. The highest BCUT2D eigenvalue weighted by Crippen LogP contribution is 2.28. The van der Waals surface area contributed by atoms with E-state index in [0.29, 0.717) is 12.0 Å². The van der Waals surface area contributed by atoms with Crippen LogP contribution < -0.4 is 0 Å². The molecule has 0 bridgehead atoms. The normalized spacial score (nSPS) is 28.5. The van der Waals surface area contributed by atoms with Gasteiger partial charge in [0.05, 0.1) is 0 Å². The monoisotopic (exact) mass is 282 g/mol. The van der Waals surface area contributed by atoms with Crippen LogP contribution in [0.4, 0.5) is 4.79 Å². The molecule has 0 aromatic heterocycles. The summed E-state index contributed by atoms with van der Waals surface area (Å²) in [5.74, 6) is -0.282. The minimum absolute atomic E-state index is 0.138. The van der Waals surface area contributed by atoms with E-state index in [0.717, 1.165) is 45.3 Å². The van der Waals surface area contributed by atoms with Crippen molar-refractivity contribution in [3.8, 4) is 0 Å². The number of urea groups is 1. The molecule has 0 aliphatic carbocycles. The molecule has 0 aromatic carbocycles. The van der Waals surface area contributed by atoms with Gasteiger partial charge in [0.15, 0.2) is 0 Å². The molecule has 5 heteroatoms. The first kappa shape index (κ1) is 15.1. The van der Waals surface area contributed by atoms with Gasteiger partial charge in [-0.05, 0) is 44.4 Å². The lowest BCUT2D eigenvalue weighted by atomic mass is 9.85. The van der Waals surface area contributed by atoms with Crippen LogP contribution in [-0.2, 0) is 4.79 Å². The van der Waals surface area contributed by atoms with E-state index in [1.54, 1.807) is 0 Å². The molecule has 114 valence electrons. The van der Waals surface area contributed by atoms with Gasteiger partial charge in [-0.25, -0.2) is 4.79 Å². The van der Waals surface area contributed by atoms with E-state index in [9.17, 15) is 9.59 Å². The van der Waals surface area contributed by atoms with Gasteiger partial charge in [-0.1, -0.05) is 6.92 Å². The molecule has 0 spiro atoms. The number of piperidine rings is 1. The lowest BCUT2D eigenvalue weighted by Crippen LogP contribution is -2.49. The molecule has 5 nitrogen and oxygen atoms in total. The largest absolute Gasteiger partial charge is 0.481 e. The van der Waals surface area contributed by atoms with Crippen LogP contribution in [0.5, 0.6) is 0 Å². The molecule has 1 N–H and O–H groups in total. The van der Waals surface area contributed by atoms with Gasteiger partial charge in [-0.2, -0.15) is 0 Å². The Morgan fingerprint density at radius 1 is 1.25 bits per heavy atom. The second kappa shape index (κ2) is 6.46. The summed E-state index contributed by atoms with van der Waals surface area (Å²) >= 11 is 0. The third kappa shape index (κ3) is 3.44. The van der Waals surface area contributed by atoms with Crippen molar-refractivity contribution in [3.05, 3.63) is 0 Å². The molecule has 2 aliphatic rings. The fourth-order valence-corrected chi connectivity index (χ4v) is 3.49. The fourth-order valence-electron chi connectivity index (χ4n) is 3.49. The maximum Gasteiger partial charge on any atom is 0.320 e. The number of carboxylic acids is 1. The van der Waals surface area contributed by atoms with Crippen LogP contribution in [0.1, 0.15) is 46.0 Å². The first-order valence-corrected chi connectivity index (χ1v) is 7.76. The average molecular weight is 282 g/mol. The molecule has 2 heterocycles. The van der Waals surface area contributed by atoms with Crippen LogP contribution in [0.2, 0.25) is 0 Å². The quantitative estimate of drug-likeness (QED) is 0.864. The highest BCUT2D eigenvalue weighted by molar-refractivity contribution is 5.75. The molecule has 0 aromatic rings. The lowest BCUT2D eigenvalue weighted by molar-refractivity contribution is -0.138. The van der Waals surface area contributed by atoms with Gasteiger partial charge in [-0.15, -0.1) is 0 Å². The summed E-state index contributed by atoms with van der Waals surface area (Å²) in [5.41, 5.74) is 0. The highest BCUT2D eigenvalue weighted by Gasteiger charge is 2.33. The molecule has 0 radical (unpaired) electrons. The minimum Gasteiger partial charge on any atom is -0.481 e. The molecular formula is C15H26N2O3. The van der Waals surface area contributed by atoms with Crippen molar-refractivity contribution in [3.63, 3.8) is 0 Å². The van der Waals surface area contributed by atoms with Gasteiger partial charge in [0.25, 0.3) is 0 Å². The zero-order valence-corrected chi connectivity index (χ0v) is 12.5. The molecular weight excluding hydrogens is 256 g/mol. The Bertz CT molecular complexity index is 372. The number of likely N-dealkylation sites (tertiary alicyclic amines) is 2. The van der Waals surface area contributed by atoms with Crippen molar-refractivity contribution in [1.29, 1.82) is 0 Å². The average Bonchev–Trinajstić information content (AvgIpc) is 2.83. The predicted octanol–water partition coefficient (Wildman–Crippen LogP) is 2.41. The van der Waals surface area contributed by atoms with Crippen molar-refractivity contribution < 1.29 is 14.7 Å². The summed E-state index contributed by atoms with van der Waals surface area (Å²) in [4.78, 5) is 27.3. The first-order chi connectivity index (χ1) is 9.49. The van der Waals surface area contributed by atoms with E-state index in [-0.39, 0.29) is 18.4 Å². The maximum absolute atomic E-state index is 12.5. The Balaban J connectivity index is 1.92. The molecule has 2 saturated heterocycles. The molecule has 2 aliphatic heterocycles. The zero-order valence-electron chi connectivity index (χ0n) is 12.5. The van der Waals surface area contributed by atoms with Crippen LogP contribution in [0.15, 0.2) is 0 Å². The Hall–Kier alpha value is -1.26. The molecule has 2 amide bonds. The van der Waals surface area contributed by atoms with Gasteiger partial charge in [0.1, 0.15) is 0 Å². The number of carboxylic acid groups (broad SMARTS) is 1. The Kier molecular flexibility index (Phi) is 4.89.